The molecule has 0 unspecified atom stereocenters. The summed E-state index contributed by atoms with van der Waals surface area (Å²) < 4.78 is 0. The Hall–Kier alpha value is -1.35. The maximum atomic E-state index is 12.1. The predicted octanol–water partition coefficient (Wildman–Crippen LogP) is 5.91. The summed E-state index contributed by atoms with van der Waals surface area (Å²) in [5.74, 6) is 4.86. The zero-order chi connectivity index (χ0) is 22.0. The van der Waals surface area contributed by atoms with Gasteiger partial charge in [-0.2, -0.15) is 0 Å². The lowest BCUT2D eigenvalue weighted by atomic mass is 9.48. The number of hydrogen-bond acceptors (Lipinski definition) is 2. The van der Waals surface area contributed by atoms with Crippen molar-refractivity contribution in [1.82, 2.24) is 0 Å². The first-order valence-corrected chi connectivity index (χ1v) is 12.8. The molecular weight excluding hydrogens is 382 g/mol. The van der Waals surface area contributed by atoms with Crippen LogP contribution in [0.2, 0.25) is 0 Å². The van der Waals surface area contributed by atoms with Gasteiger partial charge >= 0.3 is 0 Å². The number of benzene rings is 1. The molecule has 0 saturated heterocycles. The molecule has 0 aromatic heterocycles. The summed E-state index contributed by atoms with van der Waals surface area (Å²) in [4.78, 5) is 12.1. The molecule has 3 heteroatoms. The van der Waals surface area contributed by atoms with Gasteiger partial charge < -0.3 is 10.8 Å². The Morgan fingerprint density at radius 1 is 1.00 bits per heavy atom. The number of primary amides is 1. The molecule has 0 radical (unpaired) electrons. The molecule has 4 fully saturated rings. The van der Waals surface area contributed by atoms with Crippen molar-refractivity contribution < 1.29 is 9.90 Å². The topological polar surface area (TPSA) is 63.3 Å². The highest BCUT2D eigenvalue weighted by Crippen LogP contribution is 2.66. The van der Waals surface area contributed by atoms with Crippen LogP contribution in [0.3, 0.4) is 0 Å². The maximum Gasteiger partial charge on any atom is 0.248 e. The van der Waals surface area contributed by atoms with E-state index >= 15 is 0 Å². The largest absolute Gasteiger partial charge is 0.390 e. The van der Waals surface area contributed by atoms with Crippen molar-refractivity contribution in [3.63, 3.8) is 0 Å². The molecule has 3 nitrogen and oxygen atoms in total. The van der Waals surface area contributed by atoms with E-state index in [0.717, 1.165) is 48.0 Å². The minimum Gasteiger partial charge on any atom is -0.390 e. The van der Waals surface area contributed by atoms with Crippen molar-refractivity contribution >= 4 is 5.91 Å². The number of carbonyl (C=O) groups is 1. The van der Waals surface area contributed by atoms with Crippen LogP contribution in [0.15, 0.2) is 24.3 Å². The Morgan fingerprint density at radius 2 is 1.74 bits per heavy atom. The van der Waals surface area contributed by atoms with Crippen LogP contribution in [0.1, 0.15) is 100 Å². The third kappa shape index (κ3) is 3.46. The molecule has 1 aromatic carbocycles. The lowest BCUT2D eigenvalue weighted by molar-refractivity contribution is -0.101. The lowest BCUT2D eigenvalue weighted by Crippen LogP contribution is -2.50. The van der Waals surface area contributed by atoms with Gasteiger partial charge in [0, 0.05) is 5.56 Å². The molecule has 170 valence electrons. The van der Waals surface area contributed by atoms with Gasteiger partial charge in [0.15, 0.2) is 0 Å². The average Bonchev–Trinajstić information content (AvgIpc) is 3.09. The number of rotatable bonds is 3. The van der Waals surface area contributed by atoms with E-state index in [4.69, 9.17) is 5.73 Å². The van der Waals surface area contributed by atoms with Crippen molar-refractivity contribution in [2.24, 2.45) is 46.7 Å². The van der Waals surface area contributed by atoms with Crippen molar-refractivity contribution in [1.29, 1.82) is 0 Å². The van der Waals surface area contributed by atoms with E-state index in [9.17, 15) is 9.90 Å². The van der Waals surface area contributed by atoms with Gasteiger partial charge in [0.05, 0.1) is 5.60 Å². The zero-order valence-electron chi connectivity index (χ0n) is 19.6. The molecule has 9 atom stereocenters. The van der Waals surface area contributed by atoms with Crippen molar-refractivity contribution in [3.05, 3.63) is 35.4 Å². The van der Waals surface area contributed by atoms with E-state index in [-0.39, 0.29) is 5.91 Å². The number of aliphatic hydroxyl groups is 1. The Balaban J connectivity index is 1.38. The molecular formula is C28H41NO2. The fraction of sp³-hybridized carbons (Fsp3) is 0.750. The standard InChI is InChI=1S/C28H41NO2/c1-17(19-6-4-5-7-23(19)26(29)30)24-10-11-25-22-9-8-18-16-27(2,31)14-12-20(18)21(22)13-15-28(24,25)3/h4-7,17-18,20-22,24-25,31H,8-16H2,1-3H3,(H2,29,30)/t17-,18+,20-,21+,22+,24-,25-,27+,28+/m0/s1. The summed E-state index contributed by atoms with van der Waals surface area (Å²) in [6, 6.07) is 8.02. The Kier molecular flexibility index (Phi) is 5.28. The van der Waals surface area contributed by atoms with Gasteiger partial charge in [-0.3, -0.25) is 4.79 Å². The molecule has 31 heavy (non-hydrogen) atoms. The van der Waals surface area contributed by atoms with E-state index in [1.54, 1.807) is 0 Å². The van der Waals surface area contributed by atoms with Crippen molar-refractivity contribution in [2.75, 3.05) is 0 Å². The molecule has 1 amide bonds. The summed E-state index contributed by atoms with van der Waals surface area (Å²) in [7, 11) is 0. The van der Waals surface area contributed by atoms with Gasteiger partial charge in [0.2, 0.25) is 5.91 Å². The van der Waals surface area contributed by atoms with E-state index < -0.39 is 5.60 Å². The molecule has 0 bridgehead atoms. The molecule has 4 saturated carbocycles. The summed E-state index contributed by atoms with van der Waals surface area (Å²) in [6.07, 6.45) is 11.2. The quantitative estimate of drug-likeness (QED) is 0.635. The highest BCUT2D eigenvalue weighted by atomic mass is 16.3. The monoisotopic (exact) mass is 423 g/mol. The third-order valence-corrected chi connectivity index (χ3v) is 10.6. The second-order valence-corrected chi connectivity index (χ2v) is 12.1. The van der Waals surface area contributed by atoms with Crippen LogP contribution in [0.4, 0.5) is 0 Å². The highest BCUT2D eigenvalue weighted by Gasteiger charge is 2.58. The first kappa shape index (κ1) is 21.5. The first-order valence-electron chi connectivity index (χ1n) is 12.8. The molecule has 0 spiro atoms. The smallest absolute Gasteiger partial charge is 0.248 e. The predicted molar refractivity (Wildman–Crippen MR) is 125 cm³/mol. The van der Waals surface area contributed by atoms with Crippen LogP contribution in [-0.2, 0) is 0 Å². The van der Waals surface area contributed by atoms with E-state index in [1.165, 1.54) is 44.9 Å². The van der Waals surface area contributed by atoms with Crippen LogP contribution in [0.5, 0.6) is 0 Å². The van der Waals surface area contributed by atoms with E-state index in [0.29, 0.717) is 22.8 Å². The molecule has 0 heterocycles. The second-order valence-electron chi connectivity index (χ2n) is 12.1. The molecule has 1 aromatic rings. The van der Waals surface area contributed by atoms with Crippen LogP contribution >= 0.6 is 0 Å². The highest BCUT2D eigenvalue weighted by molar-refractivity contribution is 5.94. The lowest BCUT2D eigenvalue weighted by Gasteiger charge is -2.57. The van der Waals surface area contributed by atoms with Crippen LogP contribution < -0.4 is 5.73 Å². The van der Waals surface area contributed by atoms with Gasteiger partial charge in [0.1, 0.15) is 0 Å². The molecule has 0 aliphatic heterocycles. The van der Waals surface area contributed by atoms with Gasteiger partial charge in [0.25, 0.3) is 0 Å². The van der Waals surface area contributed by atoms with Crippen LogP contribution in [-0.4, -0.2) is 16.6 Å². The van der Waals surface area contributed by atoms with E-state index in [1.807, 2.05) is 12.1 Å². The summed E-state index contributed by atoms with van der Waals surface area (Å²) in [5.41, 5.74) is 7.54. The van der Waals surface area contributed by atoms with Crippen molar-refractivity contribution in [3.8, 4) is 0 Å². The van der Waals surface area contributed by atoms with Gasteiger partial charge in [-0.15, -0.1) is 0 Å². The van der Waals surface area contributed by atoms with Gasteiger partial charge in [-0.25, -0.2) is 0 Å². The Morgan fingerprint density at radius 3 is 2.52 bits per heavy atom. The summed E-state index contributed by atoms with van der Waals surface area (Å²) in [6.45, 7) is 6.97. The Bertz CT molecular complexity index is 847. The Labute approximate surface area is 188 Å². The van der Waals surface area contributed by atoms with Crippen LogP contribution in [0.25, 0.3) is 0 Å². The minimum atomic E-state index is -0.432. The fourth-order valence-electron chi connectivity index (χ4n) is 9.28. The fourth-order valence-corrected chi connectivity index (χ4v) is 9.28. The normalized spacial score (nSPS) is 45.3. The molecule has 4 aliphatic rings. The number of fused-ring (bicyclic) bond motifs is 5. The molecule has 4 aliphatic carbocycles. The van der Waals surface area contributed by atoms with Gasteiger partial charge in [-0.05, 0) is 123 Å². The number of nitrogens with two attached hydrogens (primary N) is 1. The number of hydrogen-bond donors (Lipinski definition) is 2. The van der Waals surface area contributed by atoms with Crippen molar-refractivity contribution in [2.45, 2.75) is 90.1 Å². The average molecular weight is 424 g/mol. The minimum absolute atomic E-state index is 0.294. The van der Waals surface area contributed by atoms with E-state index in [2.05, 4.69) is 32.9 Å². The van der Waals surface area contributed by atoms with Crippen LogP contribution in [0, 0.1) is 40.9 Å². The SMILES string of the molecule is C[C@@H](c1ccccc1C(N)=O)[C@@H]1CC[C@H]2[C@@H]3CC[C@@H]4C[C@](C)(O)CC[C@@H]4[C@H]3CC[C@@]21C. The third-order valence-electron chi connectivity index (χ3n) is 10.6. The van der Waals surface area contributed by atoms with Gasteiger partial charge in [-0.1, -0.05) is 32.0 Å². The second kappa shape index (κ2) is 7.61. The number of amides is 1. The molecule has 5 rings (SSSR count). The first-order chi connectivity index (χ1) is 14.7. The molecule has 3 N–H and O–H groups in total. The zero-order valence-corrected chi connectivity index (χ0v) is 19.6. The summed E-state index contributed by atoms with van der Waals surface area (Å²) >= 11 is 0. The summed E-state index contributed by atoms with van der Waals surface area (Å²) in [5, 5.41) is 10.6. The number of carbonyl (C=O) groups excluding carboxylic acids is 1. The maximum absolute atomic E-state index is 12.1.